The minimum Gasteiger partial charge on any atom is -0.325 e. The summed E-state index contributed by atoms with van der Waals surface area (Å²) >= 11 is 7.21. The third kappa shape index (κ3) is 27.1. The molecule has 0 heterocycles. The van der Waals surface area contributed by atoms with E-state index in [4.69, 9.17) is 29.4 Å². The Hall–Kier alpha value is 0.860. The number of hydrogen-bond donors (Lipinski definition) is 6. The van der Waals surface area contributed by atoms with E-state index in [2.05, 4.69) is 89.4 Å². The van der Waals surface area contributed by atoms with Gasteiger partial charge in [0.25, 0.3) is 0 Å². The van der Waals surface area contributed by atoms with Crippen LogP contribution < -0.4 is 0 Å². The van der Waals surface area contributed by atoms with Crippen LogP contribution in [0.25, 0.3) is 0 Å². The molecule has 0 spiro atoms. The number of rotatable bonds is 0. The van der Waals surface area contributed by atoms with Crippen molar-refractivity contribution in [2.24, 2.45) is 0 Å². The highest BCUT2D eigenvalue weighted by Crippen LogP contribution is 2.28. The molecule has 0 saturated carbocycles. The van der Waals surface area contributed by atoms with E-state index >= 15 is 0 Å². The van der Waals surface area contributed by atoms with E-state index in [0.29, 0.717) is 0 Å². The van der Waals surface area contributed by atoms with Gasteiger partial charge in [-0.2, -0.15) is 0 Å². The molecule has 0 radical (unpaired) electrons. The van der Waals surface area contributed by atoms with E-state index in [9.17, 15) is 0 Å². The van der Waals surface area contributed by atoms with Crippen molar-refractivity contribution in [3.8, 4) is 0 Å². The Morgan fingerprint density at radius 1 is 0.654 bits per heavy atom. The predicted octanol–water partition coefficient (Wildman–Crippen LogP) is 3.50. The molecular weight excluding hydrogens is 461 g/mol. The van der Waals surface area contributed by atoms with Crippen molar-refractivity contribution in [1.82, 2.24) is 0 Å². The normalized spacial score (nSPS) is 11.5. The number of halogens is 2. The lowest BCUT2D eigenvalue weighted by Crippen LogP contribution is -2.15. The fourth-order valence-corrected chi connectivity index (χ4v) is 1.45. The molecule has 0 atom stereocenters. The van der Waals surface area contributed by atoms with Gasteiger partial charge in [0, 0.05) is 0 Å². The van der Waals surface area contributed by atoms with Crippen LogP contribution in [0.1, 0.15) is 52.7 Å². The Balaban J connectivity index is -0.000000170. The molecule has 12 heteroatoms. The Morgan fingerprint density at radius 2 is 0.846 bits per heavy atom. The van der Waals surface area contributed by atoms with Gasteiger partial charge < -0.3 is 29.4 Å². The SMILES string of the molecule is CC(C)(C)c1cccc(C(C)(C)C)c1.Cl.Cl.OP(O)(O)=S.OP(O)(O)=S. The molecule has 0 bridgehead atoms. The van der Waals surface area contributed by atoms with Crippen LogP contribution in [0.5, 0.6) is 0 Å². The van der Waals surface area contributed by atoms with Crippen molar-refractivity contribution in [3.63, 3.8) is 0 Å². The molecule has 158 valence electrons. The zero-order valence-corrected chi connectivity index (χ0v) is 20.6. The summed E-state index contributed by atoms with van der Waals surface area (Å²) in [5.41, 5.74) is 3.34. The van der Waals surface area contributed by atoms with Gasteiger partial charge in [-0.05, 0) is 45.6 Å². The third-order valence-corrected chi connectivity index (χ3v) is 2.59. The van der Waals surface area contributed by atoms with Crippen molar-refractivity contribution in [1.29, 1.82) is 0 Å². The second kappa shape index (κ2) is 13.2. The molecule has 1 rings (SSSR count). The minimum absolute atomic E-state index is 0. The summed E-state index contributed by atoms with van der Waals surface area (Å²) in [6.45, 7) is 5.94. The smallest absolute Gasteiger partial charge is 0.319 e. The first-order valence-electron chi connectivity index (χ1n) is 6.89. The summed E-state index contributed by atoms with van der Waals surface area (Å²) in [6.07, 6.45) is 0. The molecule has 26 heavy (non-hydrogen) atoms. The van der Waals surface area contributed by atoms with Crippen LogP contribution in [-0.2, 0) is 34.4 Å². The first-order chi connectivity index (χ1) is 10.2. The topological polar surface area (TPSA) is 121 Å². The van der Waals surface area contributed by atoms with Crippen LogP contribution in [0.4, 0.5) is 0 Å². The fraction of sp³-hybridized carbons (Fsp3) is 0.571. The molecule has 0 unspecified atom stereocenters. The maximum absolute atomic E-state index is 7.56. The van der Waals surface area contributed by atoms with Gasteiger partial charge >= 0.3 is 13.4 Å². The monoisotopic (exact) mass is 490 g/mol. The van der Waals surface area contributed by atoms with E-state index in [1.165, 1.54) is 11.1 Å². The highest BCUT2D eigenvalue weighted by atomic mass is 35.5. The number of hydrogen-bond acceptors (Lipinski definition) is 2. The molecule has 0 amide bonds. The Bertz CT molecular complexity index is 540. The lowest BCUT2D eigenvalue weighted by molar-refractivity contribution is 0.361. The fourth-order valence-electron chi connectivity index (χ4n) is 1.45. The van der Waals surface area contributed by atoms with Gasteiger partial charge in [-0.15, -0.1) is 24.8 Å². The lowest BCUT2D eigenvalue weighted by atomic mass is 9.81. The van der Waals surface area contributed by atoms with Gasteiger partial charge in [-0.25, -0.2) is 0 Å². The largest absolute Gasteiger partial charge is 0.325 e. The average Bonchev–Trinajstić information content (AvgIpc) is 2.22. The van der Waals surface area contributed by atoms with Crippen LogP contribution in [0, 0.1) is 0 Å². The molecule has 0 aromatic heterocycles. The standard InChI is InChI=1S/C14H22.2ClH.2H3O3PS/c1-13(2,3)11-8-7-9-12(10-11)14(4,5)6;;;2*1-4(2,3)5/h7-10H,1-6H3;2*1H;2*(H3,1,2,3,5). The molecular formula is C14H30Cl2O6P2S2. The van der Waals surface area contributed by atoms with Gasteiger partial charge in [0.1, 0.15) is 0 Å². The van der Waals surface area contributed by atoms with Crippen molar-refractivity contribution in [2.45, 2.75) is 52.4 Å². The Labute approximate surface area is 178 Å². The summed E-state index contributed by atoms with van der Waals surface area (Å²) in [4.78, 5) is 45.3. The van der Waals surface area contributed by atoms with Crippen molar-refractivity contribution in [3.05, 3.63) is 35.4 Å². The second-order valence-corrected chi connectivity index (χ2v) is 12.1. The average molecular weight is 491 g/mol. The van der Waals surface area contributed by atoms with Crippen molar-refractivity contribution < 1.29 is 29.4 Å². The Kier molecular flexibility index (Phi) is 17.4. The molecule has 0 fully saturated rings. The molecule has 1 aromatic carbocycles. The zero-order chi connectivity index (χ0) is 20.0. The van der Waals surface area contributed by atoms with Crippen LogP contribution in [0.15, 0.2) is 24.3 Å². The predicted molar refractivity (Wildman–Crippen MR) is 120 cm³/mol. The summed E-state index contributed by atoms with van der Waals surface area (Å²) in [5.74, 6) is 0. The maximum Gasteiger partial charge on any atom is 0.319 e. The van der Waals surface area contributed by atoms with E-state index in [1.54, 1.807) is 0 Å². The highest BCUT2D eigenvalue weighted by molar-refractivity contribution is 8.06. The van der Waals surface area contributed by atoms with Crippen LogP contribution in [-0.4, -0.2) is 29.4 Å². The molecule has 0 saturated heterocycles. The summed E-state index contributed by atoms with van der Waals surface area (Å²) in [7, 11) is 0. The second-order valence-electron chi connectivity index (χ2n) is 7.11. The Morgan fingerprint density at radius 3 is 1.00 bits per heavy atom. The van der Waals surface area contributed by atoms with E-state index in [-0.39, 0.29) is 35.6 Å². The van der Waals surface area contributed by atoms with E-state index in [1.807, 2.05) is 0 Å². The molecule has 6 nitrogen and oxygen atoms in total. The number of benzene rings is 1. The molecule has 1 aromatic rings. The highest BCUT2D eigenvalue weighted by Gasteiger charge is 2.18. The summed E-state index contributed by atoms with van der Waals surface area (Å²) in [5, 5.41) is 0. The van der Waals surface area contributed by atoms with Crippen molar-refractivity contribution in [2.75, 3.05) is 0 Å². The molecule has 0 aliphatic carbocycles. The maximum atomic E-state index is 7.56. The quantitative estimate of drug-likeness (QED) is 0.305. The van der Waals surface area contributed by atoms with Gasteiger partial charge in [0.05, 0.1) is 0 Å². The van der Waals surface area contributed by atoms with Gasteiger partial charge in [0.2, 0.25) is 0 Å². The first kappa shape index (κ1) is 34.4. The van der Waals surface area contributed by atoms with E-state index < -0.39 is 13.4 Å². The van der Waals surface area contributed by atoms with Crippen LogP contribution >= 0.6 is 38.3 Å². The van der Waals surface area contributed by atoms with E-state index in [0.717, 1.165) is 0 Å². The minimum atomic E-state index is -3.81. The van der Waals surface area contributed by atoms with Gasteiger partial charge in [-0.3, -0.25) is 0 Å². The first-order valence-corrected chi connectivity index (χ1v) is 12.2. The molecule has 0 aliphatic heterocycles. The van der Waals surface area contributed by atoms with Crippen LogP contribution in [0.3, 0.4) is 0 Å². The van der Waals surface area contributed by atoms with Gasteiger partial charge in [-0.1, -0.05) is 65.8 Å². The molecule has 6 N–H and O–H groups in total. The molecule has 0 aliphatic rings. The summed E-state index contributed by atoms with van der Waals surface area (Å²) < 4.78 is 0. The lowest BCUT2D eigenvalue weighted by Gasteiger charge is -2.24. The van der Waals surface area contributed by atoms with Crippen molar-refractivity contribution >= 4 is 61.9 Å². The zero-order valence-electron chi connectivity index (χ0n) is 15.5. The third-order valence-electron chi connectivity index (χ3n) is 2.59. The summed E-state index contributed by atoms with van der Waals surface area (Å²) in [6, 6.07) is 8.94. The van der Waals surface area contributed by atoms with Crippen LogP contribution in [0.2, 0.25) is 0 Å². The van der Waals surface area contributed by atoms with Gasteiger partial charge in [0.15, 0.2) is 0 Å².